The van der Waals surface area contributed by atoms with Gasteiger partial charge in [0, 0.05) is 18.7 Å². The van der Waals surface area contributed by atoms with Crippen LogP contribution in [0.1, 0.15) is 26.7 Å². The van der Waals surface area contributed by atoms with E-state index in [9.17, 15) is 14.7 Å². The van der Waals surface area contributed by atoms with Gasteiger partial charge in [-0.15, -0.1) is 0 Å². The average molecular weight is 333 g/mol. The monoisotopic (exact) mass is 333 g/mol. The Morgan fingerprint density at radius 1 is 1.35 bits per heavy atom. The van der Waals surface area contributed by atoms with Crippen LogP contribution in [-0.2, 0) is 19.1 Å². The van der Waals surface area contributed by atoms with Crippen LogP contribution in [0.4, 0.5) is 0 Å². The fraction of sp³-hybridized carbons (Fsp3) is 0.400. The molecule has 23 heavy (non-hydrogen) atoms. The third-order valence-corrected chi connectivity index (χ3v) is 2.55. The number of rotatable bonds is 5. The van der Waals surface area contributed by atoms with Crippen LogP contribution >= 0.6 is 0 Å². The van der Waals surface area contributed by atoms with E-state index in [2.05, 4.69) is 10.1 Å². The van der Waals surface area contributed by atoms with Gasteiger partial charge in [0.15, 0.2) is 0 Å². The maximum Gasteiger partial charge on any atom is 1.00 e. The van der Waals surface area contributed by atoms with E-state index in [1.165, 1.54) is 13.2 Å². The summed E-state index contributed by atoms with van der Waals surface area (Å²) in [5.74, 6) is -2.58. The Labute approximate surface area is 157 Å². The van der Waals surface area contributed by atoms with Gasteiger partial charge < -0.3 is 25.1 Å². The predicted molar refractivity (Wildman–Crippen MR) is 77.5 cm³/mol. The zero-order valence-corrected chi connectivity index (χ0v) is 15.8. The van der Waals surface area contributed by atoms with Crippen molar-refractivity contribution in [1.82, 2.24) is 5.32 Å². The molecule has 122 valence electrons. The summed E-state index contributed by atoms with van der Waals surface area (Å²) in [7, 11) is 1.26. The maximum absolute atomic E-state index is 11.1. The molecule has 0 radical (unpaired) electrons. The Hall–Kier alpha value is -1.57. The Morgan fingerprint density at radius 3 is 2.30 bits per heavy atom. The summed E-state index contributed by atoms with van der Waals surface area (Å²) in [5, 5.41) is 21.3. The summed E-state index contributed by atoms with van der Waals surface area (Å²) < 4.78 is 4.46. The first kappa shape index (κ1) is 23.7. The quantitative estimate of drug-likeness (QED) is 0.241. The second kappa shape index (κ2) is 12.9. The van der Waals surface area contributed by atoms with Crippen LogP contribution in [0.2, 0.25) is 0 Å². The number of hydrogen-bond acceptors (Lipinski definition) is 6. The molecule has 0 aliphatic heterocycles. The van der Waals surface area contributed by atoms with Gasteiger partial charge in [-0.2, -0.15) is 0 Å². The zero-order valence-electron chi connectivity index (χ0n) is 13.8. The van der Waals surface area contributed by atoms with E-state index >= 15 is 0 Å². The summed E-state index contributed by atoms with van der Waals surface area (Å²) in [6.45, 7) is 2.69. The normalized spacial score (nSPS) is 14.2. The van der Waals surface area contributed by atoms with Crippen molar-refractivity contribution in [3.63, 3.8) is 0 Å². The SMILES string of the molecule is CC(=O)O.COC(=O)/C=C(\C)NC(C(=O)[O-])C1=CCC=CC1.[Na+]. The number of carbonyl (C=O) groups excluding carboxylic acids is 2. The first-order valence-electron chi connectivity index (χ1n) is 6.55. The van der Waals surface area contributed by atoms with Gasteiger partial charge in [-0.3, -0.25) is 4.79 Å². The minimum absolute atomic E-state index is 0. The zero-order chi connectivity index (χ0) is 17.1. The van der Waals surface area contributed by atoms with Crippen molar-refractivity contribution in [3.8, 4) is 0 Å². The van der Waals surface area contributed by atoms with E-state index in [0.717, 1.165) is 12.5 Å². The molecule has 0 saturated heterocycles. The summed E-state index contributed by atoms with van der Waals surface area (Å²) in [6.07, 6.45) is 8.20. The molecule has 0 aromatic carbocycles. The van der Waals surface area contributed by atoms with Gasteiger partial charge >= 0.3 is 35.5 Å². The topological polar surface area (TPSA) is 116 Å². The summed E-state index contributed by atoms with van der Waals surface area (Å²) in [4.78, 5) is 31.1. The van der Waals surface area contributed by atoms with Gasteiger partial charge in [-0.05, 0) is 25.3 Å². The van der Waals surface area contributed by atoms with E-state index in [0.29, 0.717) is 18.5 Å². The third kappa shape index (κ3) is 11.6. The van der Waals surface area contributed by atoms with Crippen LogP contribution in [0, 0.1) is 0 Å². The Morgan fingerprint density at radius 2 is 1.91 bits per heavy atom. The molecule has 0 spiro atoms. The van der Waals surface area contributed by atoms with Gasteiger partial charge in [0.2, 0.25) is 0 Å². The van der Waals surface area contributed by atoms with Gasteiger partial charge in [-0.1, -0.05) is 18.2 Å². The van der Waals surface area contributed by atoms with Gasteiger partial charge in [0.1, 0.15) is 0 Å². The van der Waals surface area contributed by atoms with Crippen molar-refractivity contribution >= 4 is 17.9 Å². The van der Waals surface area contributed by atoms with Crippen molar-refractivity contribution in [1.29, 1.82) is 0 Å². The van der Waals surface area contributed by atoms with E-state index in [1.807, 2.05) is 18.2 Å². The number of carboxylic acid groups (broad SMARTS) is 2. The largest absolute Gasteiger partial charge is 1.00 e. The molecule has 0 aromatic heterocycles. The molecule has 2 N–H and O–H groups in total. The van der Waals surface area contributed by atoms with Crippen LogP contribution in [0.5, 0.6) is 0 Å². The molecule has 1 unspecified atom stereocenters. The molecule has 1 atom stereocenters. The maximum atomic E-state index is 11.1. The number of allylic oxidation sites excluding steroid dienone is 4. The van der Waals surface area contributed by atoms with Crippen molar-refractivity contribution in [3.05, 3.63) is 35.6 Å². The van der Waals surface area contributed by atoms with Crippen LogP contribution in [0.15, 0.2) is 35.6 Å². The molecule has 0 bridgehead atoms. The average Bonchev–Trinajstić information content (AvgIpc) is 2.44. The molecule has 0 heterocycles. The molecular weight excluding hydrogens is 313 g/mol. The van der Waals surface area contributed by atoms with Crippen LogP contribution in [0.3, 0.4) is 0 Å². The molecule has 8 heteroatoms. The predicted octanol–water partition coefficient (Wildman–Crippen LogP) is -2.86. The van der Waals surface area contributed by atoms with Gasteiger partial charge in [0.05, 0.1) is 19.1 Å². The number of carbonyl (C=O) groups is 3. The van der Waals surface area contributed by atoms with Crippen molar-refractivity contribution in [2.75, 3.05) is 7.11 Å². The molecule has 0 saturated carbocycles. The number of ether oxygens (including phenoxy) is 1. The number of esters is 1. The van der Waals surface area contributed by atoms with E-state index < -0.39 is 23.9 Å². The summed E-state index contributed by atoms with van der Waals surface area (Å²) >= 11 is 0. The van der Waals surface area contributed by atoms with Gasteiger partial charge in [0.25, 0.3) is 5.97 Å². The van der Waals surface area contributed by atoms with Crippen LogP contribution in [-0.4, -0.2) is 36.2 Å². The van der Waals surface area contributed by atoms with E-state index in [-0.39, 0.29) is 29.6 Å². The van der Waals surface area contributed by atoms with Crippen molar-refractivity contribution in [2.45, 2.75) is 32.7 Å². The summed E-state index contributed by atoms with van der Waals surface area (Å²) in [6, 6.07) is -0.921. The van der Waals surface area contributed by atoms with E-state index in [4.69, 9.17) is 9.90 Å². The number of carboxylic acids is 2. The minimum Gasteiger partial charge on any atom is -0.548 e. The van der Waals surface area contributed by atoms with Crippen LogP contribution in [0.25, 0.3) is 0 Å². The number of nitrogens with one attached hydrogen (secondary N) is 1. The molecule has 0 amide bonds. The molecule has 1 rings (SSSR count). The number of hydrogen-bond donors (Lipinski definition) is 2. The van der Waals surface area contributed by atoms with Gasteiger partial charge in [-0.25, -0.2) is 4.79 Å². The van der Waals surface area contributed by atoms with Crippen molar-refractivity contribution < 1.29 is 58.9 Å². The molecular formula is C15H20NNaO6. The molecule has 0 aromatic rings. The third-order valence-electron chi connectivity index (χ3n) is 2.55. The summed E-state index contributed by atoms with van der Waals surface area (Å²) in [5.41, 5.74) is 1.15. The molecule has 0 fully saturated rings. The first-order valence-corrected chi connectivity index (χ1v) is 6.55. The smallest absolute Gasteiger partial charge is 0.548 e. The van der Waals surface area contributed by atoms with Crippen molar-refractivity contribution in [2.24, 2.45) is 0 Å². The standard InChI is InChI=1S/C13H17NO4.C2H4O2.Na/c1-9(8-11(15)18-2)14-12(13(16)17)10-6-4-3-5-7-10;1-2(3)4;/h3-4,7-8,12,14H,5-6H2,1-2H3,(H,16,17);1H3,(H,3,4);/q;;+1/p-1/b9-8+;;. The molecule has 1 aliphatic rings. The Bertz CT molecular complexity index is 506. The minimum atomic E-state index is -1.21. The van der Waals surface area contributed by atoms with E-state index in [1.54, 1.807) is 6.92 Å². The fourth-order valence-corrected chi connectivity index (χ4v) is 1.66. The number of aliphatic carboxylic acids is 2. The molecule has 7 nitrogen and oxygen atoms in total. The number of methoxy groups -OCH3 is 1. The second-order valence-electron chi connectivity index (χ2n) is 4.46. The first-order chi connectivity index (χ1) is 10.3. The van der Waals surface area contributed by atoms with Crippen LogP contribution < -0.4 is 40.0 Å². The second-order valence-corrected chi connectivity index (χ2v) is 4.46. The Balaban J connectivity index is 0. The Kier molecular flexibility index (Phi) is 13.3. The molecule has 1 aliphatic carbocycles. The fourth-order valence-electron chi connectivity index (χ4n) is 1.66.